The fourth-order valence-electron chi connectivity index (χ4n) is 7.09. The van der Waals surface area contributed by atoms with Crippen molar-refractivity contribution in [1.29, 1.82) is 0 Å². The molecule has 3 aliphatic carbocycles. The maximum Gasteiger partial charge on any atom is 0.307 e. The number of hydrogen-bond donors (Lipinski definition) is 2. The van der Waals surface area contributed by atoms with Crippen molar-refractivity contribution in [2.45, 2.75) is 58.9 Å². The van der Waals surface area contributed by atoms with Crippen LogP contribution in [-0.4, -0.2) is 23.0 Å². The lowest BCUT2D eigenvalue weighted by molar-refractivity contribution is -0.151. The minimum atomic E-state index is -0.601. The number of rotatable bonds is 1. The van der Waals surface area contributed by atoms with Gasteiger partial charge in [-0.25, -0.2) is 0 Å². The Balaban J connectivity index is 1.71. The molecule has 4 nitrogen and oxygen atoms in total. The molecule has 24 heavy (non-hydrogen) atoms. The summed E-state index contributed by atoms with van der Waals surface area (Å²) < 4.78 is 0. The van der Waals surface area contributed by atoms with Gasteiger partial charge < -0.3 is 10.4 Å². The van der Waals surface area contributed by atoms with Crippen LogP contribution >= 0.6 is 0 Å². The summed E-state index contributed by atoms with van der Waals surface area (Å²) >= 11 is 0. The largest absolute Gasteiger partial charge is 0.481 e. The quantitative estimate of drug-likeness (QED) is 0.775. The summed E-state index contributed by atoms with van der Waals surface area (Å²) in [6.45, 7) is 6.87. The van der Waals surface area contributed by atoms with E-state index in [9.17, 15) is 14.7 Å². The van der Waals surface area contributed by atoms with Crippen LogP contribution in [0.25, 0.3) is 0 Å². The number of fused-ring (bicyclic) bond motifs is 5. The standard InChI is InChI=1S/C20H29NO3/c1-11-10-15-20(3,9-7-16(22)21-15)13-6-8-19(2)12(17(11)13)4-5-14(19)18(23)24/h7,9,11-15,17H,4-6,8,10H2,1-3H3,(H,21,22)(H,23,24)/t11-,12-,13-,14+,15?,17-,19-,20+/m0/s1. The Morgan fingerprint density at radius 3 is 2.71 bits per heavy atom. The first-order chi connectivity index (χ1) is 11.3. The maximum atomic E-state index is 11.8. The number of amides is 1. The molecule has 1 aliphatic heterocycles. The van der Waals surface area contributed by atoms with Crippen LogP contribution < -0.4 is 5.32 Å². The molecule has 0 aromatic rings. The molecule has 4 rings (SSSR count). The lowest BCUT2D eigenvalue weighted by Crippen LogP contribution is -2.61. The van der Waals surface area contributed by atoms with E-state index in [4.69, 9.17) is 0 Å². The molecule has 1 heterocycles. The molecule has 3 saturated carbocycles. The van der Waals surface area contributed by atoms with E-state index in [0.717, 1.165) is 32.1 Å². The first-order valence-corrected chi connectivity index (χ1v) is 9.50. The van der Waals surface area contributed by atoms with E-state index in [1.165, 1.54) is 0 Å². The molecule has 1 amide bonds. The fraction of sp³-hybridized carbons (Fsp3) is 0.800. The summed E-state index contributed by atoms with van der Waals surface area (Å²) in [6.07, 6.45) is 8.86. The number of hydrogen-bond acceptors (Lipinski definition) is 2. The molecule has 2 N–H and O–H groups in total. The molecule has 1 unspecified atom stereocenters. The van der Waals surface area contributed by atoms with Crippen molar-refractivity contribution >= 4 is 11.9 Å². The lowest BCUT2D eigenvalue weighted by Gasteiger charge is -2.60. The van der Waals surface area contributed by atoms with Crippen LogP contribution in [0, 0.1) is 40.4 Å². The number of carboxylic acid groups (broad SMARTS) is 1. The second-order valence-electron chi connectivity index (χ2n) is 9.28. The summed E-state index contributed by atoms with van der Waals surface area (Å²) in [7, 11) is 0. The average Bonchev–Trinajstić information content (AvgIpc) is 2.86. The van der Waals surface area contributed by atoms with E-state index >= 15 is 0 Å². The van der Waals surface area contributed by atoms with Gasteiger partial charge >= 0.3 is 5.97 Å². The summed E-state index contributed by atoms with van der Waals surface area (Å²) in [4.78, 5) is 23.6. The highest BCUT2D eigenvalue weighted by Gasteiger charge is 2.62. The highest BCUT2D eigenvalue weighted by molar-refractivity contribution is 5.89. The predicted molar refractivity (Wildman–Crippen MR) is 91.1 cm³/mol. The van der Waals surface area contributed by atoms with Crippen LogP contribution in [0.2, 0.25) is 0 Å². The molecule has 132 valence electrons. The number of aliphatic carboxylic acids is 1. The second kappa shape index (κ2) is 5.09. The molecule has 0 spiro atoms. The van der Waals surface area contributed by atoms with Gasteiger partial charge in [0.25, 0.3) is 0 Å². The van der Waals surface area contributed by atoms with Gasteiger partial charge in [0.15, 0.2) is 0 Å². The number of carboxylic acids is 1. The third kappa shape index (κ3) is 1.98. The molecule has 4 heteroatoms. The van der Waals surface area contributed by atoms with Crippen LogP contribution in [0.15, 0.2) is 12.2 Å². The molecular weight excluding hydrogens is 302 g/mol. The van der Waals surface area contributed by atoms with Gasteiger partial charge in [0.2, 0.25) is 5.91 Å². The van der Waals surface area contributed by atoms with Crippen molar-refractivity contribution in [3.63, 3.8) is 0 Å². The molecule has 8 atom stereocenters. The van der Waals surface area contributed by atoms with Crippen molar-refractivity contribution in [2.75, 3.05) is 0 Å². The topological polar surface area (TPSA) is 66.4 Å². The van der Waals surface area contributed by atoms with E-state index in [2.05, 4.69) is 32.2 Å². The molecule has 0 aromatic heterocycles. The first-order valence-electron chi connectivity index (χ1n) is 9.50. The molecular formula is C20H29NO3. The number of nitrogens with one attached hydrogen (secondary N) is 1. The summed E-state index contributed by atoms with van der Waals surface area (Å²) in [5.41, 5.74) is -0.0280. The summed E-state index contributed by atoms with van der Waals surface area (Å²) in [6, 6.07) is 0.229. The third-order valence-corrected chi connectivity index (χ3v) is 8.36. The minimum Gasteiger partial charge on any atom is -0.481 e. The van der Waals surface area contributed by atoms with E-state index in [0.29, 0.717) is 23.7 Å². The Labute approximate surface area is 144 Å². The van der Waals surface area contributed by atoms with Crippen LogP contribution in [0.3, 0.4) is 0 Å². The molecule has 0 saturated heterocycles. The monoisotopic (exact) mass is 331 g/mol. The van der Waals surface area contributed by atoms with Gasteiger partial charge in [-0.15, -0.1) is 0 Å². The van der Waals surface area contributed by atoms with E-state index in [-0.39, 0.29) is 28.7 Å². The molecule has 3 fully saturated rings. The van der Waals surface area contributed by atoms with Gasteiger partial charge in [0.05, 0.1) is 5.92 Å². The van der Waals surface area contributed by atoms with Gasteiger partial charge in [0, 0.05) is 11.5 Å². The Kier molecular flexibility index (Phi) is 3.43. The van der Waals surface area contributed by atoms with Crippen LogP contribution in [0.5, 0.6) is 0 Å². The molecule has 0 aromatic carbocycles. The summed E-state index contributed by atoms with van der Waals surface area (Å²) in [5, 5.41) is 12.9. The Bertz CT molecular complexity index is 614. The SMILES string of the molecule is C[C@H]1CC2NC(=O)C=C[C@]2(C)[C@H]2CC[C@]3(C)[C@@H](C(=O)O)CC[C@H]3[C@H]12. The van der Waals surface area contributed by atoms with Gasteiger partial charge in [-0.1, -0.05) is 26.8 Å². The normalized spacial score (nSPS) is 52.9. The van der Waals surface area contributed by atoms with Crippen molar-refractivity contribution < 1.29 is 14.7 Å². The molecule has 4 aliphatic rings. The molecule has 0 bridgehead atoms. The zero-order chi connectivity index (χ0) is 17.3. The van der Waals surface area contributed by atoms with E-state index < -0.39 is 5.97 Å². The van der Waals surface area contributed by atoms with E-state index in [1.54, 1.807) is 6.08 Å². The van der Waals surface area contributed by atoms with Gasteiger partial charge in [0.1, 0.15) is 0 Å². The third-order valence-electron chi connectivity index (χ3n) is 8.36. The van der Waals surface area contributed by atoms with Crippen LogP contribution in [0.1, 0.15) is 52.9 Å². The van der Waals surface area contributed by atoms with Crippen molar-refractivity contribution in [3.05, 3.63) is 12.2 Å². The Morgan fingerprint density at radius 1 is 1.25 bits per heavy atom. The first kappa shape index (κ1) is 16.2. The predicted octanol–water partition coefficient (Wildman–Crippen LogP) is 3.23. The summed E-state index contributed by atoms with van der Waals surface area (Å²) in [5.74, 6) is 1.44. The zero-order valence-electron chi connectivity index (χ0n) is 14.9. The van der Waals surface area contributed by atoms with E-state index in [1.807, 2.05) is 0 Å². The van der Waals surface area contributed by atoms with Crippen molar-refractivity contribution in [2.24, 2.45) is 40.4 Å². The highest BCUT2D eigenvalue weighted by atomic mass is 16.4. The fourth-order valence-corrected chi connectivity index (χ4v) is 7.09. The van der Waals surface area contributed by atoms with Crippen molar-refractivity contribution in [1.82, 2.24) is 5.32 Å². The smallest absolute Gasteiger partial charge is 0.307 e. The average molecular weight is 331 g/mol. The Morgan fingerprint density at radius 2 is 2.00 bits per heavy atom. The number of carbonyl (C=O) groups excluding carboxylic acids is 1. The van der Waals surface area contributed by atoms with Gasteiger partial charge in [-0.2, -0.15) is 0 Å². The zero-order valence-corrected chi connectivity index (χ0v) is 14.9. The molecule has 0 radical (unpaired) electrons. The number of carbonyl (C=O) groups is 2. The lowest BCUT2D eigenvalue weighted by atomic mass is 9.45. The van der Waals surface area contributed by atoms with Crippen molar-refractivity contribution in [3.8, 4) is 0 Å². The minimum absolute atomic E-state index is 0.0216. The maximum absolute atomic E-state index is 11.8. The van der Waals surface area contributed by atoms with Gasteiger partial charge in [-0.05, 0) is 67.3 Å². The Hall–Kier alpha value is -1.32. The second-order valence-corrected chi connectivity index (χ2v) is 9.28. The highest BCUT2D eigenvalue weighted by Crippen LogP contribution is 2.66. The van der Waals surface area contributed by atoms with Crippen LogP contribution in [-0.2, 0) is 9.59 Å². The van der Waals surface area contributed by atoms with Crippen LogP contribution in [0.4, 0.5) is 0 Å². The van der Waals surface area contributed by atoms with Gasteiger partial charge in [-0.3, -0.25) is 9.59 Å².